The number of carbonyl (C=O) groups is 1. The summed E-state index contributed by atoms with van der Waals surface area (Å²) < 4.78 is 18.9. The topological polar surface area (TPSA) is 128 Å². The molecule has 0 radical (unpaired) electrons. The van der Waals surface area contributed by atoms with E-state index in [0.717, 1.165) is 11.1 Å². The number of nitrogens with one attached hydrogen (secondary N) is 1. The summed E-state index contributed by atoms with van der Waals surface area (Å²) >= 11 is 0. The lowest BCUT2D eigenvalue weighted by molar-refractivity contribution is -0.133. The molecule has 1 saturated heterocycles. The Morgan fingerprint density at radius 1 is 1.50 bits per heavy atom. The van der Waals surface area contributed by atoms with Crippen LogP contribution in [-0.4, -0.2) is 63.6 Å². The summed E-state index contributed by atoms with van der Waals surface area (Å²) in [5, 5.41) is 30.8. The van der Waals surface area contributed by atoms with Gasteiger partial charge in [0.2, 0.25) is 0 Å². The summed E-state index contributed by atoms with van der Waals surface area (Å²) in [7, 11) is 0. The van der Waals surface area contributed by atoms with Crippen molar-refractivity contribution in [3.05, 3.63) is 12.0 Å². The van der Waals surface area contributed by atoms with E-state index in [1.165, 1.54) is 0 Å². The van der Waals surface area contributed by atoms with Crippen molar-refractivity contribution in [2.45, 2.75) is 43.5 Å². The molecule has 0 spiro atoms. The van der Waals surface area contributed by atoms with Crippen LogP contribution in [0, 0.1) is 0 Å². The molecule has 8 nitrogen and oxygen atoms in total. The lowest BCUT2D eigenvalue weighted by Crippen LogP contribution is -2.55. The van der Waals surface area contributed by atoms with Crippen LogP contribution in [-0.2, 0) is 4.74 Å². The van der Waals surface area contributed by atoms with Crippen molar-refractivity contribution >= 4 is 6.03 Å². The number of hydrogen-bond donors (Lipinski definition) is 5. The molecule has 0 saturated carbocycles. The third-order valence-electron chi connectivity index (χ3n) is 3.38. The van der Waals surface area contributed by atoms with Gasteiger partial charge in [0.15, 0.2) is 5.83 Å². The monoisotopic (exact) mass is 291 g/mol. The Hall–Kier alpha value is -1.26. The molecule has 0 aromatic rings. The van der Waals surface area contributed by atoms with Crippen LogP contribution in [0.1, 0.15) is 12.8 Å². The van der Waals surface area contributed by atoms with E-state index in [1.807, 2.05) is 0 Å². The number of aliphatic hydroxyl groups is 3. The SMILES string of the molecule is NC1NC(=O)N(C2CC[C@H](O)[C@H](O)[C@@H](CO)O2)C=C1F. The van der Waals surface area contributed by atoms with E-state index in [2.05, 4.69) is 5.32 Å². The van der Waals surface area contributed by atoms with E-state index >= 15 is 0 Å². The van der Waals surface area contributed by atoms with Crippen molar-refractivity contribution in [3.8, 4) is 0 Å². The third kappa shape index (κ3) is 2.91. The summed E-state index contributed by atoms with van der Waals surface area (Å²) in [5.74, 6) is -0.737. The van der Waals surface area contributed by atoms with Crippen molar-refractivity contribution in [2.24, 2.45) is 5.73 Å². The average Bonchev–Trinajstić information content (AvgIpc) is 2.55. The molecule has 2 aliphatic heterocycles. The molecule has 0 aliphatic carbocycles. The Kier molecular flexibility index (Phi) is 4.55. The number of nitrogens with two attached hydrogens (primary N) is 1. The van der Waals surface area contributed by atoms with Gasteiger partial charge in [-0.05, 0) is 12.8 Å². The quantitative estimate of drug-likeness (QED) is 0.414. The lowest BCUT2D eigenvalue weighted by atomic mass is 10.1. The molecule has 2 aliphatic rings. The van der Waals surface area contributed by atoms with E-state index in [1.54, 1.807) is 0 Å². The highest BCUT2D eigenvalue weighted by Crippen LogP contribution is 2.24. The minimum absolute atomic E-state index is 0.146. The highest BCUT2D eigenvalue weighted by Gasteiger charge is 2.38. The van der Waals surface area contributed by atoms with Crippen LogP contribution in [0.5, 0.6) is 0 Å². The van der Waals surface area contributed by atoms with Crippen LogP contribution in [0.2, 0.25) is 0 Å². The van der Waals surface area contributed by atoms with Crippen LogP contribution >= 0.6 is 0 Å². The first-order valence-electron chi connectivity index (χ1n) is 6.28. The Morgan fingerprint density at radius 2 is 2.20 bits per heavy atom. The van der Waals surface area contributed by atoms with Gasteiger partial charge < -0.3 is 31.1 Å². The molecule has 2 amide bonds. The van der Waals surface area contributed by atoms with Gasteiger partial charge in [-0.1, -0.05) is 0 Å². The van der Waals surface area contributed by atoms with E-state index in [-0.39, 0.29) is 12.8 Å². The first-order valence-corrected chi connectivity index (χ1v) is 6.28. The van der Waals surface area contributed by atoms with Crippen LogP contribution in [0.4, 0.5) is 9.18 Å². The van der Waals surface area contributed by atoms with Gasteiger partial charge in [-0.15, -0.1) is 0 Å². The molecule has 9 heteroatoms. The number of aliphatic hydroxyl groups excluding tert-OH is 3. The lowest BCUT2D eigenvalue weighted by Gasteiger charge is -2.34. The van der Waals surface area contributed by atoms with Crippen molar-refractivity contribution in [1.29, 1.82) is 0 Å². The van der Waals surface area contributed by atoms with E-state index in [4.69, 9.17) is 15.6 Å². The Bertz CT molecular complexity index is 408. The average molecular weight is 291 g/mol. The van der Waals surface area contributed by atoms with Gasteiger partial charge in [0, 0.05) is 6.20 Å². The number of amides is 2. The van der Waals surface area contributed by atoms with Crippen LogP contribution in [0.15, 0.2) is 12.0 Å². The Balaban J connectivity index is 2.17. The molecule has 2 heterocycles. The fourth-order valence-corrected chi connectivity index (χ4v) is 2.20. The third-order valence-corrected chi connectivity index (χ3v) is 3.38. The summed E-state index contributed by atoms with van der Waals surface area (Å²) in [6.07, 6.45) is -4.26. The molecule has 114 valence electrons. The maximum Gasteiger partial charge on any atom is 0.325 e. The zero-order chi connectivity index (χ0) is 14.9. The molecule has 2 rings (SSSR count). The number of hydrogen-bond acceptors (Lipinski definition) is 6. The predicted octanol–water partition coefficient (Wildman–Crippen LogP) is -1.67. The summed E-state index contributed by atoms with van der Waals surface area (Å²) in [4.78, 5) is 12.7. The summed E-state index contributed by atoms with van der Waals surface area (Å²) in [5.41, 5.74) is 5.33. The van der Waals surface area contributed by atoms with Gasteiger partial charge in [-0.25, -0.2) is 9.18 Å². The van der Waals surface area contributed by atoms with Gasteiger partial charge in [-0.3, -0.25) is 4.90 Å². The van der Waals surface area contributed by atoms with Crippen LogP contribution in [0.25, 0.3) is 0 Å². The molecule has 5 atom stereocenters. The molecule has 2 unspecified atom stereocenters. The van der Waals surface area contributed by atoms with Crippen molar-refractivity contribution in [1.82, 2.24) is 10.2 Å². The van der Waals surface area contributed by atoms with Crippen LogP contribution < -0.4 is 11.1 Å². The molecular weight excluding hydrogens is 273 g/mol. The molecule has 0 aromatic heterocycles. The van der Waals surface area contributed by atoms with Crippen LogP contribution in [0.3, 0.4) is 0 Å². The van der Waals surface area contributed by atoms with E-state index < -0.39 is 49.2 Å². The number of ether oxygens (including phenoxy) is 1. The van der Waals surface area contributed by atoms with Gasteiger partial charge in [0.05, 0.1) is 12.7 Å². The van der Waals surface area contributed by atoms with E-state index in [9.17, 15) is 19.4 Å². The number of halogens is 1. The number of urea groups is 1. The first-order chi connectivity index (χ1) is 9.43. The predicted molar refractivity (Wildman–Crippen MR) is 64.5 cm³/mol. The van der Waals surface area contributed by atoms with E-state index in [0.29, 0.717) is 0 Å². The molecule has 0 bridgehead atoms. The fourth-order valence-electron chi connectivity index (χ4n) is 2.20. The Labute approximate surface area is 114 Å². The number of rotatable bonds is 2. The molecule has 20 heavy (non-hydrogen) atoms. The smallest absolute Gasteiger partial charge is 0.325 e. The van der Waals surface area contributed by atoms with Crippen molar-refractivity contribution in [2.75, 3.05) is 6.61 Å². The van der Waals surface area contributed by atoms with Gasteiger partial charge >= 0.3 is 6.03 Å². The first kappa shape index (κ1) is 15.1. The zero-order valence-electron chi connectivity index (χ0n) is 10.6. The standard InChI is InChI=1S/C11H18FN3O5/c12-5-3-15(11(19)14-10(5)13)8-2-1-6(17)9(18)7(4-16)20-8/h3,6-10,16-18H,1-2,4,13H2,(H,14,19)/t6-,7+,8?,9-,10?/m0/s1. The Morgan fingerprint density at radius 3 is 2.85 bits per heavy atom. The number of nitrogens with zero attached hydrogens (tertiary/aromatic N) is 1. The summed E-state index contributed by atoms with van der Waals surface area (Å²) in [6.45, 7) is -0.532. The minimum atomic E-state index is -1.27. The van der Waals surface area contributed by atoms with Crippen molar-refractivity contribution in [3.63, 3.8) is 0 Å². The maximum absolute atomic E-state index is 13.5. The second-order valence-electron chi connectivity index (χ2n) is 4.80. The number of carbonyl (C=O) groups excluding carboxylic acids is 1. The highest BCUT2D eigenvalue weighted by atomic mass is 19.1. The fraction of sp³-hybridized carbons (Fsp3) is 0.727. The van der Waals surface area contributed by atoms with Gasteiger partial charge in [0.1, 0.15) is 24.6 Å². The zero-order valence-corrected chi connectivity index (χ0v) is 10.6. The second kappa shape index (κ2) is 6.02. The highest BCUT2D eigenvalue weighted by molar-refractivity contribution is 5.77. The molecule has 1 fully saturated rings. The van der Waals surface area contributed by atoms with Gasteiger partial charge in [-0.2, -0.15) is 0 Å². The van der Waals surface area contributed by atoms with Gasteiger partial charge in [0.25, 0.3) is 0 Å². The largest absolute Gasteiger partial charge is 0.394 e. The summed E-state index contributed by atoms with van der Waals surface area (Å²) in [6, 6.07) is -0.647. The maximum atomic E-state index is 13.5. The molecular formula is C11H18FN3O5. The minimum Gasteiger partial charge on any atom is -0.394 e. The molecule has 6 N–H and O–H groups in total. The second-order valence-corrected chi connectivity index (χ2v) is 4.80. The molecule has 0 aromatic carbocycles. The van der Waals surface area contributed by atoms with Crippen molar-refractivity contribution < 1.29 is 29.2 Å². The normalized spacial score (nSPS) is 39.0.